The van der Waals surface area contributed by atoms with E-state index in [1.165, 1.54) is 0 Å². The monoisotopic (exact) mass is 448 g/mol. The summed E-state index contributed by atoms with van der Waals surface area (Å²) >= 11 is 11.7. The van der Waals surface area contributed by atoms with Gasteiger partial charge in [-0.1, -0.05) is 48.0 Å². The number of aromatic nitrogens is 3. The molecule has 0 spiro atoms. The molecule has 2 heterocycles. The van der Waals surface area contributed by atoms with Gasteiger partial charge in [0.2, 0.25) is 4.77 Å². The molecule has 2 aromatic carbocycles. The van der Waals surface area contributed by atoms with Gasteiger partial charge in [-0.15, -0.1) is 0 Å². The van der Waals surface area contributed by atoms with Gasteiger partial charge in [0.05, 0.1) is 23.9 Å². The van der Waals surface area contributed by atoms with Crippen LogP contribution >= 0.6 is 23.8 Å². The second kappa shape index (κ2) is 8.39. The molecule has 0 radical (unpaired) electrons. The van der Waals surface area contributed by atoms with Crippen LogP contribution in [0.15, 0.2) is 60.9 Å². The first-order valence-corrected chi connectivity index (χ1v) is 11.9. The Morgan fingerprint density at radius 1 is 1.17 bits per heavy atom. The third-order valence-electron chi connectivity index (χ3n) is 5.09. The lowest BCUT2D eigenvalue weighted by atomic mass is 10.1. The fraction of sp³-hybridized carbons (Fsp3) is 0.300. The average Bonchev–Trinajstić information content (AvgIpc) is 3.24. The standard InChI is InChI=1S/C20H21ClN4O2S2/c21-17-7-4-8-18(11-17)24-14-22-25(20(24)28)15-23(12-16-5-2-1-3-6-16)19-9-10-29(26,27)13-19/h1-8,11,14,19H,9-10,12-13,15H2. The molecule has 0 aliphatic carbocycles. The zero-order chi connectivity index (χ0) is 20.4. The van der Waals surface area contributed by atoms with Crippen molar-refractivity contribution in [1.82, 2.24) is 19.2 Å². The molecule has 3 aromatic rings. The molecule has 29 heavy (non-hydrogen) atoms. The SMILES string of the molecule is O=S1(=O)CCC(N(Cc2ccccc2)Cn2ncn(-c3cccc(Cl)c3)c2=S)C1. The Kier molecular flexibility index (Phi) is 5.87. The van der Waals surface area contributed by atoms with Crippen LogP contribution in [-0.4, -0.2) is 45.2 Å². The second-order valence-electron chi connectivity index (χ2n) is 7.19. The van der Waals surface area contributed by atoms with Gasteiger partial charge >= 0.3 is 0 Å². The highest BCUT2D eigenvalue weighted by molar-refractivity contribution is 7.91. The molecule has 9 heteroatoms. The predicted molar refractivity (Wildman–Crippen MR) is 116 cm³/mol. The van der Waals surface area contributed by atoms with Gasteiger partial charge in [-0.25, -0.2) is 13.1 Å². The van der Waals surface area contributed by atoms with E-state index in [0.717, 1.165) is 11.3 Å². The first kappa shape index (κ1) is 20.3. The van der Waals surface area contributed by atoms with Crippen molar-refractivity contribution in [2.75, 3.05) is 11.5 Å². The summed E-state index contributed by atoms with van der Waals surface area (Å²) in [6.45, 7) is 1.05. The van der Waals surface area contributed by atoms with Crippen LogP contribution in [0, 0.1) is 4.77 Å². The van der Waals surface area contributed by atoms with Gasteiger partial charge in [-0.3, -0.25) is 9.47 Å². The van der Waals surface area contributed by atoms with Crippen LogP contribution in [0.2, 0.25) is 5.02 Å². The number of halogens is 1. The zero-order valence-corrected chi connectivity index (χ0v) is 18.1. The first-order chi connectivity index (χ1) is 13.9. The smallest absolute Gasteiger partial charge is 0.203 e. The summed E-state index contributed by atoms with van der Waals surface area (Å²) in [5.74, 6) is 0.396. The molecule has 1 aliphatic rings. The molecule has 1 fully saturated rings. The lowest BCUT2D eigenvalue weighted by molar-refractivity contribution is 0.146. The maximum atomic E-state index is 12.1. The number of hydrogen-bond acceptors (Lipinski definition) is 5. The van der Waals surface area contributed by atoms with Crippen molar-refractivity contribution in [2.45, 2.75) is 25.7 Å². The molecule has 0 N–H and O–H groups in total. The maximum absolute atomic E-state index is 12.1. The molecule has 152 valence electrons. The van der Waals surface area contributed by atoms with Crippen LogP contribution in [0.1, 0.15) is 12.0 Å². The van der Waals surface area contributed by atoms with E-state index in [4.69, 9.17) is 23.8 Å². The molecular weight excluding hydrogens is 428 g/mol. The van der Waals surface area contributed by atoms with E-state index in [1.54, 1.807) is 21.6 Å². The van der Waals surface area contributed by atoms with Gasteiger partial charge in [-0.2, -0.15) is 5.10 Å². The third-order valence-corrected chi connectivity index (χ3v) is 7.48. The van der Waals surface area contributed by atoms with Crippen molar-refractivity contribution in [3.63, 3.8) is 0 Å². The molecule has 0 bridgehead atoms. The van der Waals surface area contributed by atoms with Crippen molar-refractivity contribution in [1.29, 1.82) is 0 Å². The van der Waals surface area contributed by atoms with Crippen LogP contribution in [0.5, 0.6) is 0 Å². The van der Waals surface area contributed by atoms with Crippen molar-refractivity contribution in [3.8, 4) is 5.69 Å². The first-order valence-electron chi connectivity index (χ1n) is 9.30. The molecule has 0 amide bonds. The van der Waals surface area contributed by atoms with Crippen LogP contribution in [-0.2, 0) is 23.1 Å². The van der Waals surface area contributed by atoms with Gasteiger partial charge in [0.25, 0.3) is 0 Å². The largest absolute Gasteiger partial charge is 0.276 e. The second-order valence-corrected chi connectivity index (χ2v) is 10.2. The molecular formula is C20H21ClN4O2S2. The summed E-state index contributed by atoms with van der Waals surface area (Å²) in [5.41, 5.74) is 1.96. The van der Waals surface area contributed by atoms with Gasteiger partial charge in [-0.05, 0) is 42.4 Å². The van der Waals surface area contributed by atoms with Crippen molar-refractivity contribution in [3.05, 3.63) is 76.3 Å². The van der Waals surface area contributed by atoms with Crippen LogP contribution < -0.4 is 0 Å². The lowest BCUT2D eigenvalue weighted by Crippen LogP contribution is -2.37. The van der Waals surface area contributed by atoms with Crippen molar-refractivity contribution >= 4 is 33.7 Å². The Bertz CT molecular complexity index is 1160. The van der Waals surface area contributed by atoms with Gasteiger partial charge in [0, 0.05) is 17.6 Å². The highest BCUT2D eigenvalue weighted by atomic mass is 35.5. The van der Waals surface area contributed by atoms with E-state index in [1.807, 2.05) is 48.5 Å². The van der Waals surface area contributed by atoms with Gasteiger partial charge in [0.1, 0.15) is 6.33 Å². The molecule has 1 atom stereocenters. The van der Waals surface area contributed by atoms with Gasteiger partial charge in [0.15, 0.2) is 9.84 Å². The number of nitrogens with zero attached hydrogens (tertiary/aromatic N) is 4. The fourth-order valence-corrected chi connectivity index (χ4v) is 5.79. The number of hydrogen-bond donors (Lipinski definition) is 0. The normalized spacial score (nSPS) is 18.3. The number of sulfone groups is 1. The summed E-state index contributed by atoms with van der Waals surface area (Å²) in [6.07, 6.45) is 2.29. The van der Waals surface area contributed by atoms with E-state index >= 15 is 0 Å². The summed E-state index contributed by atoms with van der Waals surface area (Å²) in [4.78, 5) is 2.14. The third kappa shape index (κ3) is 4.78. The predicted octanol–water partition coefficient (Wildman–Crippen LogP) is 3.70. The highest BCUT2D eigenvalue weighted by Crippen LogP contribution is 2.21. The summed E-state index contributed by atoms with van der Waals surface area (Å²) in [7, 11) is -2.99. The van der Waals surface area contributed by atoms with E-state index in [2.05, 4.69) is 10.00 Å². The van der Waals surface area contributed by atoms with Crippen molar-refractivity contribution < 1.29 is 8.42 Å². The minimum absolute atomic E-state index is 0.0570. The fourth-order valence-electron chi connectivity index (χ4n) is 3.59. The minimum atomic E-state index is -2.99. The molecule has 1 saturated heterocycles. The number of rotatable bonds is 6. The van der Waals surface area contributed by atoms with Crippen LogP contribution in [0.4, 0.5) is 0 Å². The van der Waals surface area contributed by atoms with Crippen LogP contribution in [0.25, 0.3) is 5.69 Å². The molecule has 0 saturated carbocycles. The van der Waals surface area contributed by atoms with E-state index in [-0.39, 0.29) is 17.5 Å². The quantitative estimate of drug-likeness (QED) is 0.538. The van der Waals surface area contributed by atoms with Crippen LogP contribution in [0.3, 0.4) is 0 Å². The topological polar surface area (TPSA) is 60.1 Å². The van der Waals surface area contributed by atoms with E-state index < -0.39 is 9.84 Å². The Balaban J connectivity index is 1.62. The maximum Gasteiger partial charge on any atom is 0.203 e. The Morgan fingerprint density at radius 3 is 2.66 bits per heavy atom. The average molecular weight is 449 g/mol. The van der Waals surface area contributed by atoms with Gasteiger partial charge < -0.3 is 0 Å². The van der Waals surface area contributed by atoms with E-state index in [0.29, 0.717) is 29.4 Å². The zero-order valence-electron chi connectivity index (χ0n) is 15.7. The molecule has 4 rings (SSSR count). The minimum Gasteiger partial charge on any atom is -0.276 e. The highest BCUT2D eigenvalue weighted by Gasteiger charge is 2.32. The molecule has 1 unspecified atom stereocenters. The summed E-state index contributed by atoms with van der Waals surface area (Å²) < 4.78 is 28.2. The molecule has 1 aliphatic heterocycles. The van der Waals surface area contributed by atoms with Crippen molar-refractivity contribution in [2.24, 2.45) is 0 Å². The molecule has 6 nitrogen and oxygen atoms in total. The summed E-state index contributed by atoms with van der Waals surface area (Å²) in [5, 5.41) is 5.08. The Labute approximate surface area is 180 Å². The number of benzene rings is 2. The summed E-state index contributed by atoms with van der Waals surface area (Å²) in [6, 6.07) is 17.4. The Morgan fingerprint density at radius 2 is 1.97 bits per heavy atom. The van der Waals surface area contributed by atoms with E-state index in [9.17, 15) is 8.42 Å². The lowest BCUT2D eigenvalue weighted by Gasteiger charge is -2.27. The molecule has 1 aromatic heterocycles. The Hall–Kier alpha value is -2.00.